The Morgan fingerprint density at radius 1 is 1.43 bits per heavy atom. The van der Waals surface area contributed by atoms with E-state index in [0.717, 1.165) is 6.54 Å². The van der Waals surface area contributed by atoms with Crippen molar-refractivity contribution in [2.24, 2.45) is 0 Å². The van der Waals surface area contributed by atoms with Crippen molar-refractivity contribution in [3.8, 4) is 0 Å². The van der Waals surface area contributed by atoms with Crippen LogP contribution in [0.1, 0.15) is 42.6 Å². The summed E-state index contributed by atoms with van der Waals surface area (Å²) in [6.07, 6.45) is 4.09. The summed E-state index contributed by atoms with van der Waals surface area (Å²) >= 11 is 6.07. The zero-order valence-electron chi connectivity index (χ0n) is 12.0. The van der Waals surface area contributed by atoms with Gasteiger partial charge in [0.15, 0.2) is 0 Å². The first-order valence-electron chi connectivity index (χ1n) is 6.86. The van der Waals surface area contributed by atoms with E-state index in [4.69, 9.17) is 11.6 Å². The molecule has 2 aromatic heterocycles. The van der Waals surface area contributed by atoms with Crippen LogP contribution in [0.4, 0.5) is 5.82 Å². The number of rotatable bonds is 6. The van der Waals surface area contributed by atoms with Gasteiger partial charge >= 0.3 is 0 Å². The minimum absolute atomic E-state index is 0.201. The topological polar surface area (TPSA) is 82.7 Å². The van der Waals surface area contributed by atoms with Crippen molar-refractivity contribution in [3.63, 3.8) is 0 Å². The van der Waals surface area contributed by atoms with Gasteiger partial charge in [-0.05, 0) is 25.5 Å². The maximum atomic E-state index is 12.4. The van der Waals surface area contributed by atoms with E-state index in [9.17, 15) is 4.79 Å². The van der Waals surface area contributed by atoms with Crippen molar-refractivity contribution in [1.82, 2.24) is 20.3 Å². The van der Waals surface area contributed by atoms with Gasteiger partial charge in [0, 0.05) is 18.9 Å². The standard InChI is InChI=1S/C14H18ClN5O/c1-3-10(13-17-7-8-18-13)19-14(21)12-9(15)5-6-11(20-12)16-4-2/h5-8,10H,3-4H2,1-2H3,(H,16,20)(H,17,18)(H,19,21). The normalized spacial score (nSPS) is 12.0. The molecule has 2 heterocycles. The van der Waals surface area contributed by atoms with Crippen LogP contribution in [0.2, 0.25) is 5.02 Å². The Morgan fingerprint density at radius 2 is 2.24 bits per heavy atom. The molecule has 1 atom stereocenters. The van der Waals surface area contributed by atoms with Crippen molar-refractivity contribution in [2.75, 3.05) is 11.9 Å². The number of carbonyl (C=O) groups excluding carboxylic acids is 1. The molecule has 1 unspecified atom stereocenters. The first-order valence-corrected chi connectivity index (χ1v) is 7.24. The third kappa shape index (κ3) is 3.72. The second-order valence-electron chi connectivity index (χ2n) is 4.47. The summed E-state index contributed by atoms with van der Waals surface area (Å²) in [6.45, 7) is 4.65. The van der Waals surface area contributed by atoms with Crippen LogP contribution in [0.3, 0.4) is 0 Å². The number of aromatic nitrogens is 3. The first-order chi connectivity index (χ1) is 10.2. The highest BCUT2D eigenvalue weighted by Crippen LogP contribution is 2.19. The molecule has 2 aromatic rings. The fraction of sp³-hybridized carbons (Fsp3) is 0.357. The number of amides is 1. The predicted octanol–water partition coefficient (Wildman–Crippen LogP) is 2.77. The van der Waals surface area contributed by atoms with Crippen molar-refractivity contribution in [2.45, 2.75) is 26.3 Å². The van der Waals surface area contributed by atoms with E-state index in [2.05, 4.69) is 25.6 Å². The molecule has 112 valence electrons. The van der Waals surface area contributed by atoms with Gasteiger partial charge in [-0.25, -0.2) is 9.97 Å². The second-order valence-corrected chi connectivity index (χ2v) is 4.87. The summed E-state index contributed by atoms with van der Waals surface area (Å²) in [6, 6.07) is 3.20. The molecular weight excluding hydrogens is 290 g/mol. The number of carbonyl (C=O) groups is 1. The number of halogens is 1. The fourth-order valence-corrected chi connectivity index (χ4v) is 2.13. The Labute approximate surface area is 128 Å². The van der Waals surface area contributed by atoms with Crippen molar-refractivity contribution < 1.29 is 4.79 Å². The molecule has 21 heavy (non-hydrogen) atoms. The molecule has 0 bridgehead atoms. The molecule has 7 heteroatoms. The number of hydrogen-bond acceptors (Lipinski definition) is 4. The lowest BCUT2D eigenvalue weighted by molar-refractivity contribution is 0.0929. The van der Waals surface area contributed by atoms with Crippen LogP contribution in [0.15, 0.2) is 24.5 Å². The first kappa shape index (κ1) is 15.3. The zero-order valence-corrected chi connectivity index (χ0v) is 12.7. The second kappa shape index (κ2) is 7.08. The number of H-pyrrole nitrogens is 1. The quantitative estimate of drug-likeness (QED) is 0.766. The Morgan fingerprint density at radius 3 is 2.86 bits per heavy atom. The smallest absolute Gasteiger partial charge is 0.272 e. The summed E-state index contributed by atoms with van der Waals surface area (Å²) in [4.78, 5) is 23.8. The highest BCUT2D eigenvalue weighted by molar-refractivity contribution is 6.33. The number of aromatic amines is 1. The molecule has 0 saturated carbocycles. The zero-order chi connectivity index (χ0) is 15.2. The molecule has 2 rings (SSSR count). The Hall–Kier alpha value is -2.08. The van der Waals surface area contributed by atoms with Crippen LogP contribution in [0, 0.1) is 0 Å². The lowest BCUT2D eigenvalue weighted by atomic mass is 10.2. The monoisotopic (exact) mass is 307 g/mol. The summed E-state index contributed by atoms with van der Waals surface area (Å²) in [5.41, 5.74) is 0.208. The summed E-state index contributed by atoms with van der Waals surface area (Å²) in [5.74, 6) is 1.02. The van der Waals surface area contributed by atoms with Crippen LogP contribution < -0.4 is 10.6 Å². The van der Waals surface area contributed by atoms with E-state index in [-0.39, 0.29) is 17.6 Å². The highest BCUT2D eigenvalue weighted by Gasteiger charge is 2.19. The molecule has 1 amide bonds. The number of hydrogen-bond donors (Lipinski definition) is 3. The fourth-order valence-electron chi connectivity index (χ4n) is 1.94. The third-order valence-electron chi connectivity index (χ3n) is 2.98. The van der Waals surface area contributed by atoms with Gasteiger partial charge in [-0.2, -0.15) is 0 Å². The Balaban J connectivity index is 2.17. The maximum Gasteiger partial charge on any atom is 0.272 e. The largest absolute Gasteiger partial charge is 0.370 e. The van der Waals surface area contributed by atoms with Crippen LogP contribution in [-0.4, -0.2) is 27.4 Å². The lowest BCUT2D eigenvalue weighted by Crippen LogP contribution is -2.30. The van der Waals surface area contributed by atoms with Gasteiger partial charge < -0.3 is 15.6 Å². The molecule has 0 fully saturated rings. The van der Waals surface area contributed by atoms with Crippen molar-refractivity contribution >= 4 is 23.3 Å². The minimum atomic E-state index is -0.317. The molecule has 0 aliphatic heterocycles. The van der Waals surface area contributed by atoms with Gasteiger partial charge in [-0.3, -0.25) is 4.79 Å². The number of nitrogens with zero attached hydrogens (tertiary/aromatic N) is 2. The molecule has 0 radical (unpaired) electrons. The average Bonchev–Trinajstić information content (AvgIpc) is 3.01. The third-order valence-corrected chi connectivity index (χ3v) is 3.29. The summed E-state index contributed by atoms with van der Waals surface area (Å²) < 4.78 is 0. The summed E-state index contributed by atoms with van der Waals surface area (Å²) in [7, 11) is 0. The van der Waals surface area contributed by atoms with Gasteiger partial charge in [0.25, 0.3) is 5.91 Å². The van der Waals surface area contributed by atoms with Gasteiger partial charge in [0.1, 0.15) is 17.3 Å². The molecular formula is C14H18ClN5O. The Bertz CT molecular complexity index is 599. The van der Waals surface area contributed by atoms with Gasteiger partial charge in [-0.1, -0.05) is 18.5 Å². The van der Waals surface area contributed by atoms with E-state index in [0.29, 0.717) is 23.1 Å². The van der Waals surface area contributed by atoms with E-state index in [1.165, 1.54) is 0 Å². The minimum Gasteiger partial charge on any atom is -0.370 e. The number of pyridine rings is 1. The highest BCUT2D eigenvalue weighted by atomic mass is 35.5. The van der Waals surface area contributed by atoms with Gasteiger partial charge in [0.2, 0.25) is 0 Å². The van der Waals surface area contributed by atoms with E-state index < -0.39 is 0 Å². The molecule has 6 nitrogen and oxygen atoms in total. The molecule has 3 N–H and O–H groups in total. The van der Waals surface area contributed by atoms with E-state index in [1.54, 1.807) is 24.5 Å². The van der Waals surface area contributed by atoms with Crippen LogP contribution >= 0.6 is 11.6 Å². The lowest BCUT2D eigenvalue weighted by Gasteiger charge is -2.15. The average molecular weight is 308 g/mol. The molecule has 0 spiro atoms. The van der Waals surface area contributed by atoms with Gasteiger partial charge in [0.05, 0.1) is 11.1 Å². The maximum absolute atomic E-state index is 12.4. The van der Waals surface area contributed by atoms with Crippen LogP contribution in [0.25, 0.3) is 0 Å². The number of nitrogens with one attached hydrogen (secondary N) is 3. The van der Waals surface area contributed by atoms with Crippen molar-refractivity contribution in [1.29, 1.82) is 0 Å². The molecule has 0 saturated heterocycles. The molecule has 0 aliphatic rings. The number of anilines is 1. The molecule has 0 aliphatic carbocycles. The van der Waals surface area contributed by atoms with E-state index >= 15 is 0 Å². The van der Waals surface area contributed by atoms with Crippen LogP contribution in [-0.2, 0) is 0 Å². The molecule has 0 aromatic carbocycles. The van der Waals surface area contributed by atoms with Gasteiger partial charge in [-0.15, -0.1) is 0 Å². The van der Waals surface area contributed by atoms with Crippen molar-refractivity contribution in [3.05, 3.63) is 41.1 Å². The van der Waals surface area contributed by atoms with Crippen LogP contribution in [0.5, 0.6) is 0 Å². The summed E-state index contributed by atoms with van der Waals surface area (Å²) in [5, 5.41) is 6.27. The Kier molecular flexibility index (Phi) is 5.16. The van der Waals surface area contributed by atoms with E-state index in [1.807, 2.05) is 13.8 Å². The predicted molar refractivity (Wildman–Crippen MR) is 82.5 cm³/mol. The SMILES string of the molecule is CCNc1ccc(Cl)c(C(=O)NC(CC)c2ncc[nH]2)n1. The number of imidazole rings is 1.